The van der Waals surface area contributed by atoms with Crippen molar-refractivity contribution < 1.29 is 23.5 Å². The minimum atomic E-state index is -0.177. The summed E-state index contributed by atoms with van der Waals surface area (Å²) in [5.41, 5.74) is 0. The van der Waals surface area contributed by atoms with Crippen LogP contribution in [-0.2, 0) is 11.4 Å². The summed E-state index contributed by atoms with van der Waals surface area (Å²) in [7, 11) is 1.59. The van der Waals surface area contributed by atoms with E-state index in [4.69, 9.17) is 13.9 Å². The molecule has 2 fully saturated rings. The molecule has 2 heterocycles. The van der Waals surface area contributed by atoms with Gasteiger partial charge in [-0.05, 0) is 49.9 Å². The second kappa shape index (κ2) is 10.6. The van der Waals surface area contributed by atoms with Crippen LogP contribution < -0.4 is 14.8 Å². The van der Waals surface area contributed by atoms with Crippen molar-refractivity contribution in [3.05, 3.63) is 47.9 Å². The largest absolute Gasteiger partial charge is 0.493 e. The van der Waals surface area contributed by atoms with Gasteiger partial charge in [-0.1, -0.05) is 31.4 Å². The number of piperidine rings is 1. The fourth-order valence-corrected chi connectivity index (χ4v) is 4.55. The van der Waals surface area contributed by atoms with Gasteiger partial charge in [-0.3, -0.25) is 9.59 Å². The van der Waals surface area contributed by atoms with E-state index in [-0.39, 0.29) is 36.1 Å². The van der Waals surface area contributed by atoms with E-state index < -0.39 is 0 Å². The van der Waals surface area contributed by atoms with Gasteiger partial charge in [-0.15, -0.1) is 0 Å². The fourth-order valence-electron chi connectivity index (χ4n) is 4.55. The van der Waals surface area contributed by atoms with Crippen LogP contribution >= 0.6 is 0 Å². The molecule has 1 saturated carbocycles. The molecule has 4 rings (SSSR count). The van der Waals surface area contributed by atoms with Crippen LogP contribution in [0.1, 0.15) is 61.3 Å². The number of likely N-dealkylation sites (tertiary alicyclic amines) is 1. The molecule has 7 heteroatoms. The van der Waals surface area contributed by atoms with Gasteiger partial charge in [0.2, 0.25) is 5.91 Å². The van der Waals surface area contributed by atoms with Gasteiger partial charge in [0.15, 0.2) is 17.3 Å². The van der Waals surface area contributed by atoms with Gasteiger partial charge in [0.25, 0.3) is 5.91 Å². The van der Waals surface area contributed by atoms with Gasteiger partial charge in [-0.2, -0.15) is 0 Å². The van der Waals surface area contributed by atoms with Crippen molar-refractivity contribution >= 4 is 11.8 Å². The van der Waals surface area contributed by atoms with E-state index in [9.17, 15) is 9.59 Å². The number of carbonyl (C=O) groups is 2. The first-order chi connectivity index (χ1) is 15.6. The van der Waals surface area contributed by atoms with Crippen molar-refractivity contribution in [2.24, 2.45) is 5.92 Å². The second-order valence-electron chi connectivity index (χ2n) is 8.64. The molecule has 1 aromatic heterocycles. The third-order valence-electron chi connectivity index (χ3n) is 6.34. The van der Waals surface area contributed by atoms with Crippen molar-refractivity contribution in [2.45, 2.75) is 57.6 Å². The molecule has 32 heavy (non-hydrogen) atoms. The van der Waals surface area contributed by atoms with Gasteiger partial charge < -0.3 is 24.1 Å². The number of ether oxygens (including phenoxy) is 2. The molecule has 1 N–H and O–H groups in total. The monoisotopic (exact) mass is 440 g/mol. The number of amides is 2. The van der Waals surface area contributed by atoms with Crippen LogP contribution in [0, 0.1) is 5.92 Å². The van der Waals surface area contributed by atoms with Crippen molar-refractivity contribution in [1.29, 1.82) is 0 Å². The number of rotatable bonds is 7. The maximum absolute atomic E-state index is 13.0. The summed E-state index contributed by atoms with van der Waals surface area (Å²) in [6.07, 6.45) is 7.38. The number of carbonyl (C=O) groups excluding carboxylic acids is 2. The average molecular weight is 441 g/mol. The molecule has 0 bridgehead atoms. The number of benzene rings is 1. The van der Waals surface area contributed by atoms with Crippen LogP contribution in [0.15, 0.2) is 40.8 Å². The summed E-state index contributed by atoms with van der Waals surface area (Å²) in [5.74, 6) is 1.84. The smallest absolute Gasteiger partial charge is 0.289 e. The molecular formula is C25H32N2O5. The minimum Gasteiger partial charge on any atom is -0.493 e. The Balaban J connectivity index is 1.31. The molecule has 2 aromatic rings. The first-order valence-corrected chi connectivity index (χ1v) is 11.6. The molecule has 1 aromatic carbocycles. The Hall–Kier alpha value is -2.96. The highest BCUT2D eigenvalue weighted by Crippen LogP contribution is 2.27. The molecule has 7 nitrogen and oxygen atoms in total. The molecule has 1 saturated heterocycles. The Morgan fingerprint density at radius 2 is 1.81 bits per heavy atom. The van der Waals surface area contributed by atoms with Crippen LogP contribution in [0.25, 0.3) is 0 Å². The van der Waals surface area contributed by atoms with E-state index in [1.807, 2.05) is 24.3 Å². The Morgan fingerprint density at radius 3 is 2.59 bits per heavy atom. The summed E-state index contributed by atoms with van der Waals surface area (Å²) < 4.78 is 16.8. The molecule has 2 amide bonds. The Kier molecular flexibility index (Phi) is 7.35. The van der Waals surface area contributed by atoms with Crippen LogP contribution in [-0.4, -0.2) is 43.0 Å². The lowest BCUT2D eigenvalue weighted by Gasteiger charge is -2.33. The maximum Gasteiger partial charge on any atom is 0.289 e. The zero-order valence-corrected chi connectivity index (χ0v) is 18.7. The third-order valence-corrected chi connectivity index (χ3v) is 6.34. The first-order valence-electron chi connectivity index (χ1n) is 11.6. The lowest BCUT2D eigenvalue weighted by atomic mass is 9.93. The highest BCUT2D eigenvalue weighted by molar-refractivity contribution is 5.92. The quantitative estimate of drug-likeness (QED) is 0.699. The number of nitrogens with one attached hydrogen (secondary N) is 1. The SMILES string of the molecule is COc1ccccc1OCc1ccc(C(=O)N2CCCC(C(=O)NC3CCCCC3)C2)o1. The van der Waals surface area contributed by atoms with Crippen LogP contribution in [0.4, 0.5) is 0 Å². The average Bonchev–Trinajstić information content (AvgIpc) is 3.32. The molecule has 0 radical (unpaired) electrons. The predicted molar refractivity (Wildman–Crippen MR) is 120 cm³/mol. The zero-order chi connectivity index (χ0) is 22.3. The summed E-state index contributed by atoms with van der Waals surface area (Å²) in [6, 6.07) is 11.1. The molecule has 1 aliphatic carbocycles. The number of methoxy groups -OCH3 is 1. The normalized spacial score (nSPS) is 19.4. The molecule has 0 spiro atoms. The third kappa shape index (κ3) is 5.44. The van der Waals surface area contributed by atoms with E-state index in [1.54, 1.807) is 24.1 Å². The number of nitrogens with zero attached hydrogens (tertiary/aromatic N) is 1. The highest BCUT2D eigenvalue weighted by Gasteiger charge is 2.31. The van der Waals surface area contributed by atoms with E-state index in [0.29, 0.717) is 30.3 Å². The predicted octanol–water partition coefficient (Wildman–Crippen LogP) is 4.17. The van der Waals surface area contributed by atoms with E-state index in [2.05, 4.69) is 5.32 Å². The number of hydrogen-bond donors (Lipinski definition) is 1. The molecule has 172 valence electrons. The van der Waals surface area contributed by atoms with Crippen LogP contribution in [0.3, 0.4) is 0 Å². The van der Waals surface area contributed by atoms with E-state index >= 15 is 0 Å². The first kappa shape index (κ1) is 22.2. The molecular weight excluding hydrogens is 408 g/mol. The number of hydrogen-bond acceptors (Lipinski definition) is 5. The summed E-state index contributed by atoms with van der Waals surface area (Å²) >= 11 is 0. The van der Waals surface area contributed by atoms with Crippen molar-refractivity contribution in [3.8, 4) is 11.5 Å². The molecule has 2 aliphatic rings. The van der Waals surface area contributed by atoms with Gasteiger partial charge in [0, 0.05) is 19.1 Å². The molecule has 1 unspecified atom stereocenters. The van der Waals surface area contributed by atoms with Crippen LogP contribution in [0.5, 0.6) is 11.5 Å². The standard InChI is InChI=1S/C25H32N2O5/c1-30-21-11-5-6-12-22(21)31-17-20-13-14-23(32-20)25(29)27-15-7-8-18(16-27)24(28)26-19-9-3-2-4-10-19/h5-6,11-14,18-19H,2-4,7-10,15-17H2,1H3,(H,26,28). The lowest BCUT2D eigenvalue weighted by molar-refractivity contribution is -0.127. The zero-order valence-electron chi connectivity index (χ0n) is 18.7. The summed E-state index contributed by atoms with van der Waals surface area (Å²) in [6.45, 7) is 1.27. The summed E-state index contributed by atoms with van der Waals surface area (Å²) in [4.78, 5) is 27.5. The molecule has 1 atom stereocenters. The van der Waals surface area contributed by atoms with Gasteiger partial charge >= 0.3 is 0 Å². The lowest BCUT2D eigenvalue weighted by Crippen LogP contribution is -2.47. The minimum absolute atomic E-state index is 0.0831. The topological polar surface area (TPSA) is 81.0 Å². The van der Waals surface area contributed by atoms with Crippen LogP contribution in [0.2, 0.25) is 0 Å². The highest BCUT2D eigenvalue weighted by atomic mass is 16.5. The maximum atomic E-state index is 13.0. The van der Waals surface area contributed by atoms with E-state index in [0.717, 1.165) is 25.7 Å². The van der Waals surface area contributed by atoms with Gasteiger partial charge in [-0.25, -0.2) is 0 Å². The second-order valence-corrected chi connectivity index (χ2v) is 8.64. The van der Waals surface area contributed by atoms with Gasteiger partial charge in [0.05, 0.1) is 13.0 Å². The Morgan fingerprint density at radius 1 is 1.03 bits per heavy atom. The van der Waals surface area contributed by atoms with E-state index in [1.165, 1.54) is 19.3 Å². The van der Waals surface area contributed by atoms with Gasteiger partial charge in [0.1, 0.15) is 12.4 Å². The fraction of sp³-hybridized carbons (Fsp3) is 0.520. The van der Waals surface area contributed by atoms with Crippen molar-refractivity contribution in [1.82, 2.24) is 10.2 Å². The number of para-hydroxylation sites is 2. The molecule has 1 aliphatic heterocycles. The van der Waals surface area contributed by atoms with Crippen molar-refractivity contribution in [2.75, 3.05) is 20.2 Å². The van der Waals surface area contributed by atoms with Crippen molar-refractivity contribution in [3.63, 3.8) is 0 Å². The Labute approximate surface area is 189 Å². The summed E-state index contributed by atoms with van der Waals surface area (Å²) in [5, 5.41) is 3.21. The Bertz CT molecular complexity index is 919. The number of furan rings is 1.